The molecule has 0 bridgehead atoms. The molecule has 1 aliphatic heterocycles. The quantitative estimate of drug-likeness (QED) is 0.657. The molecule has 3 nitrogen and oxygen atoms in total. The van der Waals surface area contributed by atoms with E-state index in [4.69, 9.17) is 0 Å². The van der Waals surface area contributed by atoms with E-state index in [2.05, 4.69) is 35.9 Å². The maximum absolute atomic E-state index is 3.48. The fourth-order valence-corrected chi connectivity index (χ4v) is 3.17. The molecule has 0 aliphatic carbocycles. The lowest BCUT2D eigenvalue weighted by atomic mass is 10.0. The normalized spacial score (nSPS) is 17.5. The maximum Gasteiger partial charge on any atom is 0.0120 e. The van der Waals surface area contributed by atoms with Gasteiger partial charge in [-0.25, -0.2) is 0 Å². The van der Waals surface area contributed by atoms with Gasteiger partial charge in [-0.05, 0) is 64.8 Å². The molecule has 1 fully saturated rings. The lowest BCUT2D eigenvalue weighted by Crippen LogP contribution is -2.46. The molecule has 0 spiro atoms. The average molecular weight is 269 g/mol. The highest BCUT2D eigenvalue weighted by Crippen LogP contribution is 2.12. The first-order valence-corrected chi connectivity index (χ1v) is 8.48. The Bertz CT molecular complexity index is 196. The van der Waals surface area contributed by atoms with E-state index in [0.29, 0.717) is 0 Å². The summed E-state index contributed by atoms with van der Waals surface area (Å²) in [4.78, 5) is 5.39. The molecule has 0 radical (unpaired) electrons. The van der Waals surface area contributed by atoms with E-state index in [0.717, 1.165) is 6.04 Å². The topological polar surface area (TPSA) is 18.5 Å². The van der Waals surface area contributed by atoms with Crippen LogP contribution in [0.5, 0.6) is 0 Å². The summed E-state index contributed by atoms with van der Waals surface area (Å²) in [6.45, 7) is 15.6. The highest BCUT2D eigenvalue weighted by atomic mass is 15.2. The Morgan fingerprint density at radius 1 is 0.789 bits per heavy atom. The zero-order chi connectivity index (χ0) is 13.9. The molecule has 1 aliphatic rings. The summed E-state index contributed by atoms with van der Waals surface area (Å²) in [5.74, 6) is 0. The maximum atomic E-state index is 3.48. The van der Waals surface area contributed by atoms with E-state index in [1.54, 1.807) is 0 Å². The second-order valence-electron chi connectivity index (χ2n) is 5.86. The van der Waals surface area contributed by atoms with Crippen LogP contribution >= 0.6 is 0 Å². The Labute approximate surface area is 120 Å². The molecule has 19 heavy (non-hydrogen) atoms. The van der Waals surface area contributed by atoms with Crippen molar-refractivity contribution in [3.05, 3.63) is 0 Å². The van der Waals surface area contributed by atoms with E-state index in [1.165, 1.54) is 77.9 Å². The van der Waals surface area contributed by atoms with Crippen LogP contribution in [0.4, 0.5) is 0 Å². The third-order valence-electron chi connectivity index (χ3n) is 4.12. The number of rotatable bonds is 10. The van der Waals surface area contributed by atoms with Crippen LogP contribution in [-0.4, -0.2) is 61.7 Å². The lowest BCUT2D eigenvalue weighted by molar-refractivity contribution is 0.136. The minimum atomic E-state index is 0.825. The monoisotopic (exact) mass is 269 g/mol. The number of piperidine rings is 1. The molecule has 1 saturated heterocycles. The molecule has 0 aromatic rings. The van der Waals surface area contributed by atoms with Crippen LogP contribution in [0.3, 0.4) is 0 Å². The molecule has 0 amide bonds. The van der Waals surface area contributed by atoms with E-state index >= 15 is 0 Å². The van der Waals surface area contributed by atoms with Gasteiger partial charge >= 0.3 is 0 Å². The first-order chi connectivity index (χ1) is 9.31. The molecule has 1 N–H and O–H groups in total. The number of hydrogen-bond acceptors (Lipinski definition) is 3. The Kier molecular flexibility index (Phi) is 9.48. The zero-order valence-corrected chi connectivity index (χ0v) is 13.5. The van der Waals surface area contributed by atoms with Gasteiger partial charge in [-0.1, -0.05) is 20.8 Å². The van der Waals surface area contributed by atoms with Gasteiger partial charge in [-0.2, -0.15) is 0 Å². The second-order valence-corrected chi connectivity index (χ2v) is 5.86. The van der Waals surface area contributed by atoms with Crippen LogP contribution in [-0.2, 0) is 0 Å². The molecule has 3 heteroatoms. The van der Waals surface area contributed by atoms with Gasteiger partial charge in [0.05, 0.1) is 0 Å². The van der Waals surface area contributed by atoms with Crippen molar-refractivity contribution >= 4 is 0 Å². The molecule has 1 heterocycles. The summed E-state index contributed by atoms with van der Waals surface area (Å²) < 4.78 is 0. The minimum Gasteiger partial charge on any atom is -0.317 e. The predicted molar refractivity (Wildman–Crippen MR) is 84.8 cm³/mol. The number of nitrogens with one attached hydrogen (secondary N) is 1. The van der Waals surface area contributed by atoms with Crippen molar-refractivity contribution < 1.29 is 0 Å². The largest absolute Gasteiger partial charge is 0.317 e. The molecule has 1 rings (SSSR count). The van der Waals surface area contributed by atoms with Crippen LogP contribution in [0.15, 0.2) is 0 Å². The van der Waals surface area contributed by atoms with Gasteiger partial charge in [-0.15, -0.1) is 0 Å². The van der Waals surface area contributed by atoms with Crippen LogP contribution in [0, 0.1) is 0 Å². The van der Waals surface area contributed by atoms with Gasteiger partial charge in [0.1, 0.15) is 0 Å². The predicted octanol–water partition coefficient (Wildman–Crippen LogP) is 2.57. The van der Waals surface area contributed by atoms with Crippen molar-refractivity contribution in [2.75, 3.05) is 45.8 Å². The van der Waals surface area contributed by atoms with Gasteiger partial charge in [-0.3, -0.25) is 4.90 Å². The summed E-state index contributed by atoms with van der Waals surface area (Å²) in [7, 11) is 0. The second kappa shape index (κ2) is 10.6. The molecule has 114 valence electrons. The van der Waals surface area contributed by atoms with E-state index < -0.39 is 0 Å². The average Bonchev–Trinajstić information content (AvgIpc) is 2.44. The zero-order valence-electron chi connectivity index (χ0n) is 13.5. The minimum absolute atomic E-state index is 0.825. The summed E-state index contributed by atoms with van der Waals surface area (Å²) in [5.41, 5.74) is 0. The number of nitrogens with zero attached hydrogens (tertiary/aromatic N) is 2. The van der Waals surface area contributed by atoms with Gasteiger partial charge in [0.25, 0.3) is 0 Å². The van der Waals surface area contributed by atoms with E-state index in [1.807, 2.05) is 0 Å². The summed E-state index contributed by atoms with van der Waals surface area (Å²) in [6, 6.07) is 0.825. The Balaban J connectivity index is 2.37. The third kappa shape index (κ3) is 6.73. The van der Waals surface area contributed by atoms with Crippen molar-refractivity contribution in [2.45, 2.75) is 58.9 Å². The van der Waals surface area contributed by atoms with Crippen molar-refractivity contribution in [1.82, 2.24) is 15.1 Å². The SMILES string of the molecule is CCCN(CCC)CCN(CCC)C1CCNCC1. The Morgan fingerprint density at radius 3 is 1.89 bits per heavy atom. The molecule has 0 saturated carbocycles. The van der Waals surface area contributed by atoms with Crippen molar-refractivity contribution in [3.8, 4) is 0 Å². The van der Waals surface area contributed by atoms with Gasteiger partial charge in [0.2, 0.25) is 0 Å². The van der Waals surface area contributed by atoms with Crippen LogP contribution < -0.4 is 5.32 Å². The Hall–Kier alpha value is -0.120. The smallest absolute Gasteiger partial charge is 0.0120 e. The fraction of sp³-hybridized carbons (Fsp3) is 1.00. The number of hydrogen-bond donors (Lipinski definition) is 1. The third-order valence-corrected chi connectivity index (χ3v) is 4.12. The molecule has 0 unspecified atom stereocenters. The van der Waals surface area contributed by atoms with Crippen LogP contribution in [0.25, 0.3) is 0 Å². The van der Waals surface area contributed by atoms with E-state index in [9.17, 15) is 0 Å². The fourth-order valence-electron chi connectivity index (χ4n) is 3.17. The van der Waals surface area contributed by atoms with Crippen LogP contribution in [0.1, 0.15) is 52.9 Å². The van der Waals surface area contributed by atoms with Crippen molar-refractivity contribution in [3.63, 3.8) is 0 Å². The standard InChI is InChI=1S/C16H35N3/c1-4-11-18(12-5-2)14-15-19(13-6-3)16-7-9-17-10-8-16/h16-17H,4-15H2,1-3H3. The summed E-state index contributed by atoms with van der Waals surface area (Å²) in [6.07, 6.45) is 6.51. The summed E-state index contributed by atoms with van der Waals surface area (Å²) >= 11 is 0. The highest BCUT2D eigenvalue weighted by Gasteiger charge is 2.20. The lowest BCUT2D eigenvalue weighted by Gasteiger charge is -2.36. The van der Waals surface area contributed by atoms with E-state index in [-0.39, 0.29) is 0 Å². The summed E-state index contributed by atoms with van der Waals surface area (Å²) in [5, 5.41) is 3.48. The van der Waals surface area contributed by atoms with Gasteiger partial charge in [0, 0.05) is 19.1 Å². The molecular weight excluding hydrogens is 234 g/mol. The first kappa shape index (κ1) is 16.9. The van der Waals surface area contributed by atoms with Crippen molar-refractivity contribution in [1.29, 1.82) is 0 Å². The highest BCUT2D eigenvalue weighted by molar-refractivity contribution is 4.78. The molecular formula is C16H35N3. The van der Waals surface area contributed by atoms with Crippen molar-refractivity contribution in [2.24, 2.45) is 0 Å². The Morgan fingerprint density at radius 2 is 1.37 bits per heavy atom. The van der Waals surface area contributed by atoms with Gasteiger partial charge < -0.3 is 10.2 Å². The molecule has 0 atom stereocenters. The first-order valence-electron chi connectivity index (χ1n) is 8.48. The molecule has 0 aromatic carbocycles. The molecule has 0 aromatic heterocycles. The van der Waals surface area contributed by atoms with Gasteiger partial charge in [0.15, 0.2) is 0 Å². The van der Waals surface area contributed by atoms with Crippen LogP contribution in [0.2, 0.25) is 0 Å².